The van der Waals surface area contributed by atoms with Gasteiger partial charge in [0.15, 0.2) is 12.4 Å². The van der Waals surface area contributed by atoms with Crippen molar-refractivity contribution in [2.24, 2.45) is 5.41 Å². The fourth-order valence-corrected chi connectivity index (χ4v) is 5.23. The van der Waals surface area contributed by atoms with Crippen LogP contribution in [0.1, 0.15) is 34.6 Å². The predicted molar refractivity (Wildman–Crippen MR) is 123 cm³/mol. The molecule has 2 saturated heterocycles. The quantitative estimate of drug-likeness (QED) is 0.391. The monoisotopic (exact) mass is 463 g/mol. The molecule has 9 heteroatoms. The fraction of sp³-hybridized carbons (Fsp3) is 0.435. The number of ether oxygens (including phenoxy) is 1. The number of ketones is 1. The zero-order chi connectivity index (χ0) is 24.4. The van der Waals surface area contributed by atoms with E-state index in [1.54, 1.807) is 58.9 Å². The molecular formula is C23H29NO7S. The van der Waals surface area contributed by atoms with Crippen LogP contribution in [0.25, 0.3) is 0 Å². The molecule has 3 atom stereocenters. The molecule has 0 aromatic heterocycles. The van der Waals surface area contributed by atoms with Gasteiger partial charge in [0.25, 0.3) is 5.91 Å². The zero-order valence-corrected chi connectivity index (χ0v) is 19.6. The molecular weight excluding hydrogens is 434 g/mol. The van der Waals surface area contributed by atoms with Crippen molar-refractivity contribution in [2.75, 3.05) is 6.61 Å². The number of nitrogens with zero attached hydrogens (tertiary/aromatic N) is 1. The molecule has 0 spiro atoms. The Morgan fingerprint density at radius 1 is 1.19 bits per heavy atom. The number of para-hydroxylation sites is 1. The van der Waals surface area contributed by atoms with Gasteiger partial charge in [-0.05, 0) is 52.8 Å². The van der Waals surface area contributed by atoms with E-state index in [0.717, 1.165) is 0 Å². The first-order chi connectivity index (χ1) is 14.7. The van der Waals surface area contributed by atoms with Crippen molar-refractivity contribution >= 4 is 40.0 Å². The lowest BCUT2D eigenvalue weighted by Gasteiger charge is -2.39. The van der Waals surface area contributed by atoms with Gasteiger partial charge in [0.05, 0.1) is 11.0 Å². The first-order valence-corrected chi connectivity index (χ1v) is 11.4. The third kappa shape index (κ3) is 5.09. The summed E-state index contributed by atoms with van der Waals surface area (Å²) >= 11 is 0. The Labute approximate surface area is 189 Å². The van der Waals surface area contributed by atoms with Gasteiger partial charge in [0, 0.05) is 4.75 Å². The third-order valence-electron chi connectivity index (χ3n) is 5.20. The van der Waals surface area contributed by atoms with Gasteiger partial charge in [0.1, 0.15) is 17.2 Å². The summed E-state index contributed by atoms with van der Waals surface area (Å²) in [7, 11) is -0.616. The third-order valence-corrected chi connectivity index (χ3v) is 7.79. The van der Waals surface area contributed by atoms with Crippen molar-refractivity contribution in [3.8, 4) is 5.75 Å². The largest absolute Gasteiger partial charge is 0.485 e. The second kappa shape index (κ2) is 9.28. The fourth-order valence-electron chi connectivity index (χ4n) is 3.19. The van der Waals surface area contributed by atoms with Crippen molar-refractivity contribution in [3.05, 3.63) is 42.0 Å². The zero-order valence-electron chi connectivity index (χ0n) is 18.8. The number of carbonyl (C=O) groups excluding carboxylic acids is 2. The summed E-state index contributed by atoms with van der Waals surface area (Å²) in [6.45, 7) is 8.40. The Morgan fingerprint density at radius 3 is 2.19 bits per heavy atom. The van der Waals surface area contributed by atoms with Gasteiger partial charge in [0.2, 0.25) is 0 Å². The Balaban J connectivity index is 0.000000451. The molecule has 3 rings (SSSR count). The smallest absolute Gasteiger partial charge is 0.327 e. The number of hydrogen-bond acceptors (Lipinski definition) is 5. The van der Waals surface area contributed by atoms with Gasteiger partial charge in [-0.1, -0.05) is 24.1 Å². The van der Waals surface area contributed by atoms with Crippen LogP contribution in [0.5, 0.6) is 5.75 Å². The Kier molecular flexibility index (Phi) is 7.34. The van der Waals surface area contributed by atoms with Crippen molar-refractivity contribution in [1.29, 1.82) is 0 Å². The van der Waals surface area contributed by atoms with Crippen molar-refractivity contribution in [3.63, 3.8) is 0 Å². The van der Waals surface area contributed by atoms with Crippen LogP contribution in [0.15, 0.2) is 42.0 Å². The molecule has 2 N–H and O–H groups in total. The van der Waals surface area contributed by atoms with E-state index in [1.165, 1.54) is 11.0 Å². The highest BCUT2D eigenvalue weighted by atomic mass is 32.2. The number of carbonyl (C=O) groups is 4. The average molecular weight is 464 g/mol. The number of rotatable bonds is 5. The van der Waals surface area contributed by atoms with Crippen molar-refractivity contribution in [1.82, 2.24) is 4.90 Å². The Morgan fingerprint density at radius 2 is 1.72 bits per heavy atom. The second-order valence-electron chi connectivity index (χ2n) is 9.06. The van der Waals surface area contributed by atoms with Crippen LogP contribution in [-0.4, -0.2) is 67.4 Å². The van der Waals surface area contributed by atoms with Crippen LogP contribution >= 0.6 is 10.5 Å². The molecule has 0 saturated carbocycles. The number of fused-ring (bicyclic) bond motifs is 1. The summed E-state index contributed by atoms with van der Waals surface area (Å²) in [5, 5.41) is 17.3. The lowest BCUT2D eigenvalue weighted by Crippen LogP contribution is -2.58. The molecule has 2 aliphatic heterocycles. The highest BCUT2D eigenvalue weighted by Gasteiger charge is 2.62. The van der Waals surface area contributed by atoms with E-state index < -0.39 is 49.9 Å². The maximum atomic E-state index is 12.4. The molecule has 1 aromatic rings. The molecule has 2 fully saturated rings. The summed E-state index contributed by atoms with van der Waals surface area (Å²) in [4.78, 5) is 47.4. The number of benzene rings is 1. The van der Waals surface area contributed by atoms with E-state index in [-0.39, 0.29) is 12.4 Å². The number of carboxylic acids is 2. The van der Waals surface area contributed by atoms with Crippen molar-refractivity contribution in [2.45, 2.75) is 50.8 Å². The predicted octanol–water partition coefficient (Wildman–Crippen LogP) is 2.79. The highest BCUT2D eigenvalue weighted by Crippen LogP contribution is 2.56. The SMILES string of the molecule is C=S1[C@@H]2C(=CC(=O)COc3ccccc3)C(=O)N2[C@@H](C(=O)O)C1(C)C.CC(C)(C)C(=O)O. The van der Waals surface area contributed by atoms with Crippen LogP contribution in [-0.2, 0) is 19.2 Å². The lowest BCUT2D eigenvalue weighted by atomic mass is 9.95. The van der Waals surface area contributed by atoms with E-state index in [4.69, 9.17) is 9.84 Å². The second-order valence-corrected chi connectivity index (χ2v) is 11.4. The molecule has 174 valence electrons. The molecule has 1 unspecified atom stereocenters. The van der Waals surface area contributed by atoms with Gasteiger partial charge in [-0.25, -0.2) is 4.79 Å². The van der Waals surface area contributed by atoms with Crippen LogP contribution < -0.4 is 4.74 Å². The van der Waals surface area contributed by atoms with Gasteiger partial charge in [-0.15, -0.1) is 0 Å². The number of carboxylic acid groups (broad SMARTS) is 2. The van der Waals surface area contributed by atoms with Crippen LogP contribution in [0.3, 0.4) is 0 Å². The van der Waals surface area contributed by atoms with E-state index in [2.05, 4.69) is 5.87 Å². The van der Waals surface area contributed by atoms with Crippen molar-refractivity contribution < 1.29 is 34.1 Å². The normalized spacial score (nSPS) is 24.7. The highest BCUT2D eigenvalue weighted by molar-refractivity contribution is 8.16. The van der Waals surface area contributed by atoms with E-state index in [1.807, 2.05) is 6.07 Å². The standard InChI is InChI=1S/C18H19NO5S.C5H10O2/c1-18(2)14(17(22)23)19-15(21)13(16(19)25(18)3)9-11(20)10-24-12-7-5-4-6-8-12;1-5(2,3)4(6)7/h4-9,14,16H,3,10H2,1-2H3,(H,22,23);1-3H3,(H,6,7)/t14-,16+,25?;/m0./s1. The number of β-lactam (4-membered cyclic amide) rings is 1. The molecule has 32 heavy (non-hydrogen) atoms. The molecule has 8 nitrogen and oxygen atoms in total. The van der Waals surface area contributed by atoms with Crippen LogP contribution in [0.2, 0.25) is 0 Å². The summed E-state index contributed by atoms with van der Waals surface area (Å²) < 4.78 is 4.74. The average Bonchev–Trinajstić information content (AvgIpc) is 2.89. The molecule has 0 aliphatic carbocycles. The van der Waals surface area contributed by atoms with Gasteiger partial charge < -0.3 is 19.8 Å². The molecule has 1 amide bonds. The minimum Gasteiger partial charge on any atom is -0.485 e. The Bertz CT molecular complexity index is 976. The first-order valence-electron chi connectivity index (χ1n) is 9.93. The molecule has 1 aromatic carbocycles. The van der Waals surface area contributed by atoms with Crippen LogP contribution in [0.4, 0.5) is 0 Å². The minimum absolute atomic E-state index is 0.176. The maximum Gasteiger partial charge on any atom is 0.327 e. The van der Waals surface area contributed by atoms with E-state index >= 15 is 0 Å². The number of amides is 1. The van der Waals surface area contributed by atoms with Gasteiger partial charge >= 0.3 is 11.9 Å². The van der Waals surface area contributed by atoms with E-state index in [0.29, 0.717) is 11.3 Å². The first kappa shape index (κ1) is 25.3. The minimum atomic E-state index is -1.04. The number of aliphatic carboxylic acids is 2. The summed E-state index contributed by atoms with van der Waals surface area (Å²) in [5.74, 6) is 2.11. The maximum absolute atomic E-state index is 12.4. The molecule has 2 heterocycles. The van der Waals surface area contributed by atoms with E-state index in [9.17, 15) is 24.3 Å². The molecule has 0 radical (unpaired) electrons. The van der Waals surface area contributed by atoms with Gasteiger partial charge in [-0.2, -0.15) is 10.5 Å². The lowest BCUT2D eigenvalue weighted by molar-refractivity contribution is -0.152. The topological polar surface area (TPSA) is 121 Å². The Hall–Kier alpha value is -2.94. The molecule has 2 aliphatic rings. The van der Waals surface area contributed by atoms with Gasteiger partial charge in [-0.3, -0.25) is 14.4 Å². The summed E-state index contributed by atoms with van der Waals surface area (Å²) in [6.07, 6.45) is 1.28. The summed E-state index contributed by atoms with van der Waals surface area (Å²) in [6, 6.07) is 7.99. The summed E-state index contributed by atoms with van der Waals surface area (Å²) in [5.41, 5.74) is -0.253. The van der Waals surface area contributed by atoms with Crippen LogP contribution in [0, 0.1) is 5.41 Å². The number of hydrogen-bond donors (Lipinski definition) is 2. The molecule has 0 bridgehead atoms.